The maximum Gasteiger partial charge on any atom is 0.422 e. The van der Waals surface area contributed by atoms with Crippen LogP contribution in [0, 0.1) is 5.82 Å². The van der Waals surface area contributed by atoms with Gasteiger partial charge in [0.15, 0.2) is 5.82 Å². The molecule has 0 N–H and O–H groups in total. The highest BCUT2D eigenvalue weighted by atomic mass is 19.4. The highest BCUT2D eigenvalue weighted by Crippen LogP contribution is 2.43. The van der Waals surface area contributed by atoms with E-state index in [1.54, 1.807) is 0 Å². The monoisotopic (exact) mass is 298 g/mol. The van der Waals surface area contributed by atoms with E-state index in [1.165, 1.54) is 0 Å². The molecule has 0 saturated carbocycles. The summed E-state index contributed by atoms with van der Waals surface area (Å²) in [4.78, 5) is 0. The Balaban J connectivity index is 3.50. The van der Waals surface area contributed by atoms with Gasteiger partial charge < -0.3 is 4.74 Å². The Labute approximate surface area is 99.1 Å². The van der Waals surface area contributed by atoms with E-state index >= 15 is 0 Å². The molecule has 0 spiro atoms. The van der Waals surface area contributed by atoms with Crippen LogP contribution in [0.4, 0.5) is 39.5 Å². The Morgan fingerprint density at radius 3 is 1.79 bits per heavy atom. The molecule has 0 unspecified atom stereocenters. The van der Waals surface area contributed by atoms with Gasteiger partial charge in [0.1, 0.15) is 11.3 Å². The Bertz CT molecular complexity index is 460. The molecule has 1 rings (SSSR count). The lowest BCUT2D eigenvalue weighted by Crippen LogP contribution is -2.18. The van der Waals surface area contributed by atoms with Gasteiger partial charge in [-0.2, -0.15) is 35.1 Å². The van der Waals surface area contributed by atoms with Gasteiger partial charge in [-0.1, -0.05) is 0 Å². The molecule has 0 aliphatic rings. The average molecular weight is 298 g/mol. The van der Waals surface area contributed by atoms with Crippen LogP contribution in [0.15, 0.2) is 12.1 Å². The van der Waals surface area contributed by atoms with Crippen LogP contribution in [0.3, 0.4) is 0 Å². The maximum absolute atomic E-state index is 13.2. The van der Waals surface area contributed by atoms with Crippen molar-refractivity contribution in [1.29, 1.82) is 0 Å². The number of hydrogen-bond donors (Lipinski definition) is 0. The lowest BCUT2D eigenvalue weighted by Gasteiger charge is -2.17. The fraction of sp³-hybridized carbons (Fsp3) is 0.333. The molecular weight excluding hydrogens is 295 g/mol. The minimum Gasteiger partial charge on any atom is -0.434 e. The number of alkyl halides is 8. The first-order chi connectivity index (χ1) is 8.44. The highest BCUT2D eigenvalue weighted by molar-refractivity contribution is 5.42. The zero-order valence-corrected chi connectivity index (χ0v) is 8.54. The first-order valence-electron chi connectivity index (χ1n) is 4.36. The predicted octanol–water partition coefficient (Wildman–Crippen LogP) is 4.46. The van der Waals surface area contributed by atoms with Crippen molar-refractivity contribution in [2.45, 2.75) is 19.0 Å². The first kappa shape index (κ1) is 15.4. The molecule has 0 aliphatic carbocycles. The molecule has 0 bridgehead atoms. The van der Waals surface area contributed by atoms with Crippen molar-refractivity contribution in [3.8, 4) is 5.75 Å². The Kier molecular flexibility index (Phi) is 3.92. The fourth-order valence-electron chi connectivity index (χ4n) is 1.24. The van der Waals surface area contributed by atoms with Gasteiger partial charge in [0.2, 0.25) is 0 Å². The largest absolute Gasteiger partial charge is 0.434 e. The van der Waals surface area contributed by atoms with E-state index < -0.39 is 41.7 Å². The molecule has 1 aromatic rings. The van der Waals surface area contributed by atoms with Gasteiger partial charge in [0.25, 0.3) is 0 Å². The number of halogens is 9. The average Bonchev–Trinajstić information content (AvgIpc) is 2.11. The summed E-state index contributed by atoms with van der Waals surface area (Å²) in [7, 11) is 0. The minimum atomic E-state index is -5.62. The number of benzene rings is 1. The van der Waals surface area contributed by atoms with Gasteiger partial charge in [0, 0.05) is 0 Å². The summed E-state index contributed by atoms with van der Waals surface area (Å²) in [5.74, 6) is -4.42. The van der Waals surface area contributed by atoms with Crippen LogP contribution < -0.4 is 4.74 Å². The second-order valence-corrected chi connectivity index (χ2v) is 3.17. The zero-order chi connectivity index (χ0) is 15.0. The topological polar surface area (TPSA) is 9.23 Å². The van der Waals surface area contributed by atoms with Crippen molar-refractivity contribution >= 4 is 0 Å². The van der Waals surface area contributed by atoms with Crippen LogP contribution in [-0.4, -0.2) is 6.61 Å². The minimum absolute atomic E-state index is 0.0130. The summed E-state index contributed by atoms with van der Waals surface area (Å²) in [6, 6.07) is -0.122. The van der Waals surface area contributed by atoms with E-state index in [1.807, 2.05) is 0 Å². The van der Waals surface area contributed by atoms with Crippen LogP contribution in [0.1, 0.15) is 11.1 Å². The van der Waals surface area contributed by atoms with Crippen molar-refractivity contribution in [1.82, 2.24) is 0 Å². The normalized spacial score (nSPS) is 12.9. The molecule has 0 aromatic heterocycles. The maximum atomic E-state index is 13.2. The van der Waals surface area contributed by atoms with E-state index in [2.05, 4.69) is 4.74 Å². The molecule has 0 fully saturated rings. The van der Waals surface area contributed by atoms with Crippen LogP contribution in [0.25, 0.3) is 0 Å². The highest BCUT2D eigenvalue weighted by Gasteiger charge is 2.44. The van der Waals surface area contributed by atoms with Gasteiger partial charge in [-0.15, -0.1) is 0 Å². The molecule has 1 aromatic carbocycles. The van der Waals surface area contributed by atoms with Crippen LogP contribution in [0.2, 0.25) is 0 Å². The summed E-state index contributed by atoms with van der Waals surface area (Å²) in [6.45, 7) is -3.74. The van der Waals surface area contributed by atoms with Crippen molar-refractivity contribution in [3.63, 3.8) is 0 Å². The van der Waals surface area contributed by atoms with Crippen molar-refractivity contribution < 1.29 is 44.3 Å². The molecule has 0 amide bonds. The quantitative estimate of drug-likeness (QED) is 0.732. The third kappa shape index (κ3) is 3.44. The smallest absolute Gasteiger partial charge is 0.422 e. The van der Waals surface area contributed by atoms with Gasteiger partial charge in [-0.25, -0.2) is 4.39 Å². The Morgan fingerprint density at radius 2 is 1.42 bits per heavy atom. The number of rotatable bonds is 2. The SMILES string of the molecule is Fc1c(C(F)(F)F)ccc(OC(F)F)c1C(F)(F)F. The van der Waals surface area contributed by atoms with Crippen molar-refractivity contribution in [2.75, 3.05) is 0 Å². The van der Waals surface area contributed by atoms with E-state index in [4.69, 9.17) is 0 Å². The van der Waals surface area contributed by atoms with E-state index in [0.29, 0.717) is 0 Å². The molecule has 19 heavy (non-hydrogen) atoms. The lowest BCUT2D eigenvalue weighted by atomic mass is 10.1. The second-order valence-electron chi connectivity index (χ2n) is 3.17. The van der Waals surface area contributed by atoms with Gasteiger partial charge in [-0.05, 0) is 12.1 Å². The van der Waals surface area contributed by atoms with Crippen LogP contribution >= 0.6 is 0 Å². The molecule has 0 saturated heterocycles. The Morgan fingerprint density at radius 1 is 0.895 bits per heavy atom. The lowest BCUT2D eigenvalue weighted by molar-refractivity contribution is -0.150. The van der Waals surface area contributed by atoms with Crippen molar-refractivity contribution in [2.24, 2.45) is 0 Å². The number of hydrogen-bond acceptors (Lipinski definition) is 1. The summed E-state index contributed by atoms with van der Waals surface area (Å²) in [5, 5.41) is 0. The molecule has 0 heterocycles. The van der Waals surface area contributed by atoms with Gasteiger partial charge in [0.05, 0.1) is 5.56 Å². The third-order valence-electron chi connectivity index (χ3n) is 1.91. The molecule has 108 valence electrons. The van der Waals surface area contributed by atoms with E-state index in [9.17, 15) is 39.5 Å². The molecule has 10 heteroatoms. The van der Waals surface area contributed by atoms with E-state index in [0.717, 1.165) is 0 Å². The molecule has 0 atom stereocenters. The standard InChI is InChI=1S/C9H3F9O/c10-6-3(8(13,14)15)1-2-4(19-7(11)12)5(6)9(16,17)18/h1-2,7H. The molecule has 0 aliphatic heterocycles. The summed E-state index contributed by atoms with van der Waals surface area (Å²) < 4.78 is 114. The Hall–Kier alpha value is -1.61. The van der Waals surface area contributed by atoms with Gasteiger partial charge in [-0.3, -0.25) is 0 Å². The molecular formula is C9H3F9O. The third-order valence-corrected chi connectivity index (χ3v) is 1.91. The summed E-state index contributed by atoms with van der Waals surface area (Å²) in [5.41, 5.74) is -4.75. The summed E-state index contributed by atoms with van der Waals surface area (Å²) >= 11 is 0. The number of ether oxygens (including phenoxy) is 1. The first-order valence-corrected chi connectivity index (χ1v) is 4.36. The van der Waals surface area contributed by atoms with Crippen molar-refractivity contribution in [3.05, 3.63) is 29.1 Å². The zero-order valence-electron chi connectivity index (χ0n) is 8.54. The molecule has 1 nitrogen and oxygen atoms in total. The second kappa shape index (κ2) is 4.82. The van der Waals surface area contributed by atoms with Gasteiger partial charge >= 0.3 is 19.0 Å². The predicted molar refractivity (Wildman–Crippen MR) is 43.0 cm³/mol. The fourth-order valence-corrected chi connectivity index (χ4v) is 1.24. The summed E-state index contributed by atoms with van der Waals surface area (Å²) in [6.07, 6.45) is -11.0. The van der Waals surface area contributed by atoms with Crippen LogP contribution in [0.5, 0.6) is 5.75 Å². The molecule has 0 radical (unpaired) electrons. The van der Waals surface area contributed by atoms with E-state index in [-0.39, 0.29) is 12.1 Å². The van der Waals surface area contributed by atoms with Crippen LogP contribution in [-0.2, 0) is 12.4 Å².